The number of nitrogens with one attached hydrogen (secondary N) is 1. The average Bonchev–Trinajstić information content (AvgIpc) is 2.58. The quantitative estimate of drug-likeness (QED) is 0.815. The maximum atomic E-state index is 11.8. The van der Waals surface area contributed by atoms with Crippen molar-refractivity contribution in [1.29, 1.82) is 0 Å². The lowest BCUT2D eigenvalue weighted by molar-refractivity contribution is 0.00578. The minimum atomic E-state index is -1.46. The van der Waals surface area contributed by atoms with Crippen LogP contribution in [-0.4, -0.2) is 34.7 Å². The molecule has 7 heteroatoms. The Hall–Kier alpha value is -0.885. The third-order valence-corrected chi connectivity index (χ3v) is 4.99. The van der Waals surface area contributed by atoms with Gasteiger partial charge in [-0.3, -0.25) is 0 Å². The Labute approximate surface area is 122 Å². The molecule has 0 amide bonds. The van der Waals surface area contributed by atoms with Crippen LogP contribution < -0.4 is 10.2 Å². The third-order valence-electron chi connectivity index (χ3n) is 3.89. The molecule has 20 heavy (non-hydrogen) atoms. The number of phenols is 1. The van der Waals surface area contributed by atoms with Crippen LogP contribution in [0.2, 0.25) is 0 Å². The van der Waals surface area contributed by atoms with E-state index in [-0.39, 0.29) is 5.75 Å². The summed E-state index contributed by atoms with van der Waals surface area (Å²) in [5.74, 6) is -0.0158. The lowest BCUT2D eigenvalue weighted by atomic mass is 9.79. The molecule has 5 nitrogen and oxygen atoms in total. The van der Waals surface area contributed by atoms with Crippen LogP contribution in [0.4, 0.5) is 0 Å². The van der Waals surface area contributed by atoms with Crippen molar-refractivity contribution in [1.82, 2.24) is 4.72 Å². The number of rotatable bonds is 3. The third kappa shape index (κ3) is 2.63. The summed E-state index contributed by atoms with van der Waals surface area (Å²) in [7, 11) is -0.429. The van der Waals surface area contributed by atoms with Gasteiger partial charge in [0.25, 0.3) is 0 Å². The molecule has 0 radical (unpaired) electrons. The number of hydrogen-bond acceptors (Lipinski definition) is 4. The molecule has 0 aliphatic carbocycles. The predicted molar refractivity (Wildman–Crippen MR) is 79.3 cm³/mol. The van der Waals surface area contributed by atoms with Crippen LogP contribution in [0.3, 0.4) is 0 Å². The molecule has 1 aliphatic heterocycles. The lowest BCUT2D eigenvalue weighted by Crippen LogP contribution is -2.41. The number of phenolic OH excluding ortho intramolecular Hbond substituents is 1. The smallest absolute Gasteiger partial charge is 0.494 e. The molecule has 0 saturated carbocycles. The second-order valence-electron chi connectivity index (χ2n) is 5.79. The van der Waals surface area contributed by atoms with Gasteiger partial charge in [-0.2, -0.15) is 0 Å². The first-order chi connectivity index (χ1) is 9.18. The highest BCUT2D eigenvalue weighted by Crippen LogP contribution is 2.36. The Morgan fingerprint density at radius 2 is 1.75 bits per heavy atom. The molecule has 1 unspecified atom stereocenters. The van der Waals surface area contributed by atoms with Crippen LogP contribution in [-0.2, 0) is 20.3 Å². The van der Waals surface area contributed by atoms with Gasteiger partial charge >= 0.3 is 7.12 Å². The molecule has 0 aromatic heterocycles. The standard InChI is InChI=1S/C13H20BNO4S/c1-12(2)13(3,4)19-14(18-12)9-6-7-10(16)11(8-9)20(17)15-5/h6-8,15-16H,1-5H3. The first-order valence-corrected chi connectivity index (χ1v) is 7.60. The van der Waals surface area contributed by atoms with Gasteiger partial charge in [0.1, 0.15) is 16.7 Å². The second kappa shape index (κ2) is 5.14. The topological polar surface area (TPSA) is 67.8 Å². The van der Waals surface area contributed by atoms with E-state index in [1.54, 1.807) is 19.2 Å². The van der Waals surface area contributed by atoms with E-state index >= 15 is 0 Å². The van der Waals surface area contributed by atoms with Crippen molar-refractivity contribution in [2.24, 2.45) is 0 Å². The van der Waals surface area contributed by atoms with Gasteiger partial charge in [0.2, 0.25) is 0 Å². The Bertz CT molecular complexity index is 531. The summed E-state index contributed by atoms with van der Waals surface area (Å²) in [4.78, 5) is 0.319. The SMILES string of the molecule is CNS(=O)c1cc(B2OC(C)(C)C(C)(C)O2)ccc1O. The lowest BCUT2D eigenvalue weighted by Gasteiger charge is -2.32. The van der Waals surface area contributed by atoms with Gasteiger partial charge in [-0.1, -0.05) is 6.07 Å². The van der Waals surface area contributed by atoms with Gasteiger partial charge in [-0.05, 0) is 52.3 Å². The Kier molecular flexibility index (Phi) is 3.99. The van der Waals surface area contributed by atoms with E-state index in [4.69, 9.17) is 9.31 Å². The van der Waals surface area contributed by atoms with E-state index in [1.807, 2.05) is 27.7 Å². The molecule has 1 aromatic rings. The van der Waals surface area contributed by atoms with Crippen molar-refractivity contribution in [3.63, 3.8) is 0 Å². The van der Waals surface area contributed by atoms with Gasteiger partial charge in [-0.25, -0.2) is 8.93 Å². The van der Waals surface area contributed by atoms with E-state index in [0.717, 1.165) is 5.46 Å². The van der Waals surface area contributed by atoms with E-state index in [1.165, 1.54) is 6.07 Å². The van der Waals surface area contributed by atoms with Crippen LogP contribution in [0.1, 0.15) is 27.7 Å². The fourth-order valence-electron chi connectivity index (χ4n) is 1.91. The second-order valence-corrected chi connectivity index (χ2v) is 7.17. The Morgan fingerprint density at radius 1 is 1.20 bits per heavy atom. The monoisotopic (exact) mass is 297 g/mol. The summed E-state index contributed by atoms with van der Waals surface area (Å²) in [5.41, 5.74) is -0.129. The summed E-state index contributed by atoms with van der Waals surface area (Å²) < 4.78 is 26.3. The number of benzene rings is 1. The highest BCUT2D eigenvalue weighted by Gasteiger charge is 2.51. The molecule has 2 N–H and O–H groups in total. The fourth-order valence-corrected chi connectivity index (χ4v) is 2.64. The van der Waals surface area contributed by atoms with Gasteiger partial charge in [-0.15, -0.1) is 0 Å². The average molecular weight is 297 g/mol. The summed E-state index contributed by atoms with van der Waals surface area (Å²) in [5, 5.41) is 9.77. The molecular weight excluding hydrogens is 277 g/mol. The first-order valence-electron chi connectivity index (χ1n) is 6.45. The van der Waals surface area contributed by atoms with Crippen LogP contribution in [0.25, 0.3) is 0 Å². The van der Waals surface area contributed by atoms with E-state index in [9.17, 15) is 9.32 Å². The molecule has 110 valence electrons. The molecular formula is C13H20BNO4S. The summed E-state index contributed by atoms with van der Waals surface area (Å²) in [6.07, 6.45) is 0. The van der Waals surface area contributed by atoms with Crippen LogP contribution in [0.15, 0.2) is 23.1 Å². The molecule has 1 atom stereocenters. The van der Waals surface area contributed by atoms with Crippen molar-refractivity contribution < 1.29 is 18.6 Å². The van der Waals surface area contributed by atoms with Crippen molar-refractivity contribution in [3.05, 3.63) is 18.2 Å². The molecule has 1 fully saturated rings. The largest absolute Gasteiger partial charge is 0.507 e. The highest BCUT2D eigenvalue weighted by atomic mass is 32.2. The zero-order chi connectivity index (χ0) is 15.1. The molecule has 1 heterocycles. The maximum absolute atomic E-state index is 11.8. The van der Waals surface area contributed by atoms with Gasteiger partial charge < -0.3 is 14.4 Å². The van der Waals surface area contributed by atoms with Crippen LogP contribution in [0.5, 0.6) is 5.75 Å². The first kappa shape index (κ1) is 15.5. The highest BCUT2D eigenvalue weighted by molar-refractivity contribution is 7.83. The molecule has 1 aromatic carbocycles. The van der Waals surface area contributed by atoms with Crippen molar-refractivity contribution in [2.75, 3.05) is 7.05 Å². The normalized spacial score (nSPS) is 21.9. The van der Waals surface area contributed by atoms with Crippen LogP contribution in [0, 0.1) is 0 Å². The van der Waals surface area contributed by atoms with Crippen molar-refractivity contribution in [3.8, 4) is 5.75 Å². The van der Waals surface area contributed by atoms with E-state index in [2.05, 4.69) is 4.72 Å². The molecule has 1 aliphatic rings. The van der Waals surface area contributed by atoms with E-state index in [0.29, 0.717) is 4.90 Å². The number of aromatic hydroxyl groups is 1. The summed E-state index contributed by atoms with van der Waals surface area (Å²) in [6.45, 7) is 7.89. The zero-order valence-corrected chi connectivity index (χ0v) is 13.2. The zero-order valence-electron chi connectivity index (χ0n) is 12.4. The Morgan fingerprint density at radius 3 is 2.25 bits per heavy atom. The molecule has 0 spiro atoms. The van der Waals surface area contributed by atoms with Crippen molar-refractivity contribution >= 4 is 23.6 Å². The van der Waals surface area contributed by atoms with Crippen LogP contribution >= 0.6 is 0 Å². The fraction of sp³-hybridized carbons (Fsp3) is 0.538. The minimum absolute atomic E-state index is 0.0158. The summed E-state index contributed by atoms with van der Waals surface area (Å²) in [6, 6.07) is 4.86. The van der Waals surface area contributed by atoms with Gasteiger partial charge in [0, 0.05) is 0 Å². The molecule has 0 bridgehead atoms. The van der Waals surface area contributed by atoms with Gasteiger partial charge in [0.05, 0.1) is 16.1 Å². The maximum Gasteiger partial charge on any atom is 0.494 e. The van der Waals surface area contributed by atoms with E-state index < -0.39 is 29.3 Å². The Balaban J connectivity index is 2.34. The predicted octanol–water partition coefficient (Wildman–Crippen LogP) is 0.933. The summed E-state index contributed by atoms with van der Waals surface area (Å²) >= 11 is 0. The molecule has 1 saturated heterocycles. The minimum Gasteiger partial charge on any atom is -0.507 e. The molecule has 2 rings (SSSR count). The van der Waals surface area contributed by atoms with Gasteiger partial charge in [0.15, 0.2) is 0 Å². The van der Waals surface area contributed by atoms with Crippen molar-refractivity contribution in [2.45, 2.75) is 43.8 Å². The number of hydrogen-bond donors (Lipinski definition) is 2.